The lowest BCUT2D eigenvalue weighted by molar-refractivity contribution is 0.0923. The van der Waals surface area contributed by atoms with Crippen LogP contribution in [0.3, 0.4) is 0 Å². The summed E-state index contributed by atoms with van der Waals surface area (Å²) in [6.07, 6.45) is 1.66. The minimum Gasteiger partial charge on any atom is -0.341 e. The summed E-state index contributed by atoms with van der Waals surface area (Å²) in [6.45, 7) is 8.79. The quantitative estimate of drug-likeness (QED) is 0.863. The van der Waals surface area contributed by atoms with Gasteiger partial charge in [-0.25, -0.2) is 4.98 Å². The first-order valence-electron chi connectivity index (χ1n) is 8.92. The van der Waals surface area contributed by atoms with Gasteiger partial charge in [-0.3, -0.25) is 4.79 Å². The zero-order valence-corrected chi connectivity index (χ0v) is 15.1. The summed E-state index contributed by atoms with van der Waals surface area (Å²) in [6, 6.07) is 5.30. The van der Waals surface area contributed by atoms with Crippen molar-refractivity contribution < 1.29 is 4.79 Å². The van der Waals surface area contributed by atoms with Crippen molar-refractivity contribution in [2.24, 2.45) is 5.92 Å². The predicted octanol–water partition coefficient (Wildman–Crippen LogP) is 1.64. The summed E-state index contributed by atoms with van der Waals surface area (Å²) >= 11 is 0. The van der Waals surface area contributed by atoms with E-state index in [1.54, 1.807) is 6.07 Å². The van der Waals surface area contributed by atoms with Crippen molar-refractivity contribution in [1.82, 2.24) is 30.4 Å². The van der Waals surface area contributed by atoms with Crippen LogP contribution in [0, 0.1) is 12.8 Å². The van der Waals surface area contributed by atoms with Crippen LogP contribution in [0.2, 0.25) is 0 Å². The number of carbonyl (C=O) groups excluding carboxylic acids is 1. The van der Waals surface area contributed by atoms with Crippen LogP contribution in [-0.2, 0) is 13.0 Å². The lowest BCUT2D eigenvalue weighted by atomic mass is 10.0. The molecule has 1 atom stereocenters. The fraction of sp³-hybridized carbons (Fsp3) is 0.556. The Morgan fingerprint density at radius 2 is 2.16 bits per heavy atom. The molecule has 0 saturated carbocycles. The van der Waals surface area contributed by atoms with E-state index in [1.807, 2.05) is 19.1 Å². The minimum atomic E-state index is -0.172. The second kappa shape index (κ2) is 7.74. The Bertz CT molecular complexity index is 739. The molecule has 0 unspecified atom stereocenters. The third-order valence-electron chi connectivity index (χ3n) is 4.34. The monoisotopic (exact) mass is 342 g/mol. The molecule has 134 valence electrons. The fourth-order valence-corrected chi connectivity index (χ4v) is 3.15. The highest BCUT2D eigenvalue weighted by Gasteiger charge is 2.25. The van der Waals surface area contributed by atoms with Crippen molar-refractivity contribution in [1.29, 1.82) is 0 Å². The Balaban J connectivity index is 1.85. The van der Waals surface area contributed by atoms with E-state index in [0.29, 0.717) is 11.6 Å². The molecule has 0 bridgehead atoms. The molecule has 2 aromatic heterocycles. The third-order valence-corrected chi connectivity index (χ3v) is 4.34. The molecular formula is C18H26N6O. The summed E-state index contributed by atoms with van der Waals surface area (Å²) in [4.78, 5) is 17.0. The lowest BCUT2D eigenvalue weighted by Gasteiger charge is -2.21. The van der Waals surface area contributed by atoms with Gasteiger partial charge in [0.2, 0.25) is 0 Å². The molecule has 0 saturated heterocycles. The van der Waals surface area contributed by atoms with Gasteiger partial charge in [-0.1, -0.05) is 19.9 Å². The molecule has 1 amide bonds. The minimum absolute atomic E-state index is 0.168. The van der Waals surface area contributed by atoms with E-state index in [9.17, 15) is 4.79 Å². The summed E-state index contributed by atoms with van der Waals surface area (Å²) in [5.41, 5.74) is 1.27. The van der Waals surface area contributed by atoms with Crippen LogP contribution < -0.4 is 10.6 Å². The molecule has 3 heterocycles. The van der Waals surface area contributed by atoms with Crippen LogP contribution in [-0.4, -0.2) is 38.7 Å². The summed E-state index contributed by atoms with van der Waals surface area (Å²) in [5, 5.41) is 15.2. The largest absolute Gasteiger partial charge is 0.341 e. The zero-order chi connectivity index (χ0) is 17.8. The molecule has 1 aliphatic heterocycles. The Morgan fingerprint density at radius 1 is 1.32 bits per heavy atom. The molecule has 2 N–H and O–H groups in total. The molecule has 0 aromatic carbocycles. The number of nitrogens with zero attached hydrogens (tertiary/aromatic N) is 4. The zero-order valence-electron chi connectivity index (χ0n) is 15.1. The molecule has 0 radical (unpaired) electrons. The molecule has 0 aliphatic carbocycles. The molecular weight excluding hydrogens is 316 g/mol. The Morgan fingerprint density at radius 3 is 2.92 bits per heavy atom. The number of hydrogen-bond donors (Lipinski definition) is 2. The number of fused-ring (bicyclic) bond motifs is 1. The number of nitrogens with one attached hydrogen (secondary N) is 2. The van der Waals surface area contributed by atoms with Crippen LogP contribution in [0.5, 0.6) is 0 Å². The first kappa shape index (κ1) is 17.5. The first-order chi connectivity index (χ1) is 12.0. The lowest BCUT2D eigenvalue weighted by Crippen LogP contribution is -2.32. The molecule has 7 nitrogen and oxygen atoms in total. The van der Waals surface area contributed by atoms with Crippen LogP contribution in [0.15, 0.2) is 18.2 Å². The molecule has 25 heavy (non-hydrogen) atoms. The standard InChI is InChI=1S/C18H26N6O/c1-12(2)11-15(21-18(25)14-6-4-5-13(3)20-14)17-23-22-16-7-8-19-9-10-24(16)17/h4-6,12,15,19H,7-11H2,1-3H3,(H,21,25)/t15-/m1/s1. The van der Waals surface area contributed by atoms with Crippen LogP contribution in [0.25, 0.3) is 0 Å². The highest BCUT2D eigenvalue weighted by atomic mass is 16.2. The van der Waals surface area contributed by atoms with Crippen LogP contribution in [0.1, 0.15) is 54.1 Å². The van der Waals surface area contributed by atoms with Crippen LogP contribution in [0.4, 0.5) is 0 Å². The average molecular weight is 342 g/mol. The van der Waals surface area contributed by atoms with Gasteiger partial charge in [0.15, 0.2) is 5.82 Å². The van der Waals surface area contributed by atoms with Gasteiger partial charge in [-0.2, -0.15) is 0 Å². The van der Waals surface area contributed by atoms with Gasteiger partial charge in [0.25, 0.3) is 5.91 Å². The van der Waals surface area contributed by atoms with Gasteiger partial charge in [-0.05, 0) is 31.4 Å². The smallest absolute Gasteiger partial charge is 0.270 e. The van der Waals surface area contributed by atoms with E-state index in [-0.39, 0.29) is 11.9 Å². The fourth-order valence-electron chi connectivity index (χ4n) is 3.15. The maximum atomic E-state index is 12.7. The van der Waals surface area contributed by atoms with E-state index in [4.69, 9.17) is 0 Å². The topological polar surface area (TPSA) is 84.7 Å². The molecule has 1 aliphatic rings. The van der Waals surface area contributed by atoms with Gasteiger partial charge in [-0.15, -0.1) is 10.2 Å². The summed E-state index contributed by atoms with van der Waals surface area (Å²) in [5.74, 6) is 2.08. The van der Waals surface area contributed by atoms with Crippen molar-refractivity contribution in [2.45, 2.75) is 46.2 Å². The van der Waals surface area contributed by atoms with Crippen molar-refractivity contribution in [3.63, 3.8) is 0 Å². The van der Waals surface area contributed by atoms with Gasteiger partial charge >= 0.3 is 0 Å². The summed E-state index contributed by atoms with van der Waals surface area (Å²) in [7, 11) is 0. The SMILES string of the molecule is Cc1cccc(C(=O)N[C@H](CC(C)C)c2nnc3n2CCNCC3)n1. The number of carbonyl (C=O) groups is 1. The third kappa shape index (κ3) is 4.22. The van der Waals surface area contributed by atoms with Crippen molar-refractivity contribution in [3.05, 3.63) is 41.2 Å². The summed E-state index contributed by atoms with van der Waals surface area (Å²) < 4.78 is 2.15. The number of rotatable bonds is 5. The highest BCUT2D eigenvalue weighted by molar-refractivity contribution is 5.92. The second-order valence-corrected chi connectivity index (χ2v) is 6.95. The van der Waals surface area contributed by atoms with Gasteiger partial charge in [0, 0.05) is 31.7 Å². The second-order valence-electron chi connectivity index (χ2n) is 6.95. The molecule has 7 heteroatoms. The molecule has 0 spiro atoms. The molecule has 2 aromatic rings. The van der Waals surface area contributed by atoms with Gasteiger partial charge in [0.1, 0.15) is 11.5 Å². The van der Waals surface area contributed by atoms with E-state index in [0.717, 1.165) is 49.8 Å². The predicted molar refractivity (Wildman–Crippen MR) is 95.2 cm³/mol. The average Bonchev–Trinajstić information content (AvgIpc) is 2.82. The van der Waals surface area contributed by atoms with Crippen molar-refractivity contribution in [2.75, 3.05) is 13.1 Å². The van der Waals surface area contributed by atoms with E-state index < -0.39 is 0 Å². The Kier molecular flexibility index (Phi) is 5.43. The molecule has 3 rings (SSSR count). The Hall–Kier alpha value is -2.28. The van der Waals surface area contributed by atoms with E-state index in [2.05, 4.69) is 44.2 Å². The number of aryl methyl sites for hydroxylation is 1. The Labute approximate surface area is 148 Å². The number of amides is 1. The highest BCUT2D eigenvalue weighted by Crippen LogP contribution is 2.22. The number of pyridine rings is 1. The normalized spacial score (nSPS) is 15.5. The van der Waals surface area contributed by atoms with Gasteiger partial charge in [0.05, 0.1) is 6.04 Å². The first-order valence-corrected chi connectivity index (χ1v) is 8.92. The maximum absolute atomic E-state index is 12.7. The molecule has 0 fully saturated rings. The number of aromatic nitrogens is 4. The van der Waals surface area contributed by atoms with E-state index in [1.165, 1.54) is 0 Å². The van der Waals surface area contributed by atoms with E-state index >= 15 is 0 Å². The maximum Gasteiger partial charge on any atom is 0.270 e. The van der Waals surface area contributed by atoms with Gasteiger partial charge < -0.3 is 15.2 Å². The number of hydrogen-bond acceptors (Lipinski definition) is 5. The van der Waals surface area contributed by atoms with Crippen LogP contribution >= 0.6 is 0 Å². The van der Waals surface area contributed by atoms with Crippen molar-refractivity contribution >= 4 is 5.91 Å². The van der Waals surface area contributed by atoms with Crippen molar-refractivity contribution in [3.8, 4) is 0 Å².